The van der Waals surface area contributed by atoms with Crippen LogP contribution in [0.2, 0.25) is 0 Å². The quantitative estimate of drug-likeness (QED) is 0.564. The van der Waals surface area contributed by atoms with E-state index in [4.69, 9.17) is 4.52 Å². The zero-order valence-electron chi connectivity index (χ0n) is 17.4. The van der Waals surface area contributed by atoms with Crippen molar-refractivity contribution in [2.45, 2.75) is 24.2 Å². The number of halogens is 1. The number of benzene rings is 2. The van der Waals surface area contributed by atoms with Gasteiger partial charge in [-0.1, -0.05) is 35.5 Å². The number of carbonyl (C=O) groups is 1. The molecule has 1 saturated heterocycles. The predicted octanol–water partition coefficient (Wildman–Crippen LogP) is 2.73. The number of aromatic nitrogens is 2. The first-order chi connectivity index (χ1) is 15.4. The molecule has 0 atom stereocenters. The largest absolute Gasteiger partial charge is 0.341 e. The number of sulfonamides is 1. The summed E-state index contributed by atoms with van der Waals surface area (Å²) in [6, 6.07) is 14.2. The molecular weight excluding hydrogens is 435 g/mol. The molecule has 4 rings (SSSR count). The molecule has 0 spiro atoms. The van der Waals surface area contributed by atoms with E-state index >= 15 is 0 Å². The van der Waals surface area contributed by atoms with Gasteiger partial charge in [-0.05, 0) is 30.7 Å². The summed E-state index contributed by atoms with van der Waals surface area (Å²) in [7, 11) is -3.73. The summed E-state index contributed by atoms with van der Waals surface area (Å²) in [5.41, 5.74) is 0.837. The molecule has 1 aromatic heterocycles. The van der Waals surface area contributed by atoms with Crippen LogP contribution in [0.5, 0.6) is 0 Å². The minimum atomic E-state index is -3.73. The van der Waals surface area contributed by atoms with E-state index < -0.39 is 15.8 Å². The van der Waals surface area contributed by atoms with Crippen LogP contribution < -0.4 is 0 Å². The maximum absolute atomic E-state index is 13.1. The zero-order valence-corrected chi connectivity index (χ0v) is 18.2. The SMILES string of the molecule is O=C(CCc1nc(-c2ccccc2)no1)N1CCCN(S(=O)(=O)c2ccc(F)cc2)CC1. The van der Waals surface area contributed by atoms with Crippen molar-refractivity contribution in [3.63, 3.8) is 0 Å². The number of hydrogen-bond donors (Lipinski definition) is 0. The van der Waals surface area contributed by atoms with E-state index in [-0.39, 0.29) is 23.8 Å². The van der Waals surface area contributed by atoms with Gasteiger partial charge in [-0.15, -0.1) is 0 Å². The van der Waals surface area contributed by atoms with E-state index in [0.717, 1.165) is 17.7 Å². The molecule has 2 aromatic carbocycles. The lowest BCUT2D eigenvalue weighted by molar-refractivity contribution is -0.131. The molecule has 0 saturated carbocycles. The van der Waals surface area contributed by atoms with Gasteiger partial charge in [0, 0.05) is 44.6 Å². The van der Waals surface area contributed by atoms with Crippen molar-refractivity contribution in [3.8, 4) is 11.4 Å². The van der Waals surface area contributed by atoms with Crippen molar-refractivity contribution in [2.24, 2.45) is 0 Å². The molecule has 168 valence electrons. The Morgan fingerprint density at radius 2 is 1.75 bits per heavy atom. The topological polar surface area (TPSA) is 96.6 Å². The van der Waals surface area contributed by atoms with Gasteiger partial charge in [0.25, 0.3) is 0 Å². The van der Waals surface area contributed by atoms with Gasteiger partial charge in [0.15, 0.2) is 0 Å². The highest BCUT2D eigenvalue weighted by molar-refractivity contribution is 7.89. The summed E-state index contributed by atoms with van der Waals surface area (Å²) in [5, 5.41) is 3.96. The average Bonchev–Trinajstić information content (AvgIpc) is 3.13. The fourth-order valence-corrected chi connectivity index (χ4v) is 5.04. The fraction of sp³-hybridized carbons (Fsp3) is 0.318. The van der Waals surface area contributed by atoms with Gasteiger partial charge in [-0.3, -0.25) is 4.79 Å². The number of hydrogen-bond acceptors (Lipinski definition) is 6. The highest BCUT2D eigenvalue weighted by Gasteiger charge is 2.28. The molecule has 3 aromatic rings. The first-order valence-corrected chi connectivity index (χ1v) is 11.8. The zero-order chi connectivity index (χ0) is 22.6. The molecular formula is C22H23FN4O4S. The van der Waals surface area contributed by atoms with Crippen molar-refractivity contribution in [2.75, 3.05) is 26.2 Å². The smallest absolute Gasteiger partial charge is 0.243 e. The normalized spacial score (nSPS) is 15.5. The molecule has 0 bridgehead atoms. The lowest BCUT2D eigenvalue weighted by atomic mass is 10.2. The van der Waals surface area contributed by atoms with Gasteiger partial charge in [0.05, 0.1) is 4.90 Å². The molecule has 0 aliphatic carbocycles. The maximum atomic E-state index is 13.1. The number of nitrogens with zero attached hydrogens (tertiary/aromatic N) is 4. The third-order valence-electron chi connectivity index (χ3n) is 5.31. The van der Waals surface area contributed by atoms with Crippen LogP contribution in [0.1, 0.15) is 18.7 Å². The second-order valence-electron chi connectivity index (χ2n) is 7.47. The van der Waals surface area contributed by atoms with Crippen molar-refractivity contribution in [3.05, 3.63) is 66.3 Å². The summed E-state index contributed by atoms with van der Waals surface area (Å²) >= 11 is 0. The number of carbonyl (C=O) groups excluding carboxylic acids is 1. The first kappa shape index (κ1) is 22.1. The van der Waals surface area contributed by atoms with E-state index in [1.165, 1.54) is 16.4 Å². The minimum absolute atomic E-state index is 0.0456. The molecule has 10 heteroatoms. The van der Waals surface area contributed by atoms with Gasteiger partial charge in [-0.2, -0.15) is 9.29 Å². The second-order valence-corrected chi connectivity index (χ2v) is 9.41. The molecule has 8 nitrogen and oxygen atoms in total. The maximum Gasteiger partial charge on any atom is 0.243 e. The summed E-state index contributed by atoms with van der Waals surface area (Å²) in [6.45, 7) is 1.24. The highest BCUT2D eigenvalue weighted by Crippen LogP contribution is 2.19. The summed E-state index contributed by atoms with van der Waals surface area (Å²) in [4.78, 5) is 18.7. The summed E-state index contributed by atoms with van der Waals surface area (Å²) < 4.78 is 45.4. The Labute approximate surface area is 185 Å². The van der Waals surface area contributed by atoms with E-state index in [2.05, 4.69) is 10.1 Å². The van der Waals surface area contributed by atoms with Crippen molar-refractivity contribution >= 4 is 15.9 Å². The van der Waals surface area contributed by atoms with E-state index in [1.807, 2.05) is 30.3 Å². The van der Waals surface area contributed by atoms with Crippen LogP contribution in [0, 0.1) is 5.82 Å². The number of aryl methyl sites for hydroxylation is 1. The Bertz CT molecular complexity index is 1170. The Hall–Kier alpha value is -3.11. The molecule has 0 unspecified atom stereocenters. The molecule has 32 heavy (non-hydrogen) atoms. The fourth-order valence-electron chi connectivity index (χ4n) is 3.57. The van der Waals surface area contributed by atoms with Crippen molar-refractivity contribution in [1.29, 1.82) is 0 Å². The van der Waals surface area contributed by atoms with Gasteiger partial charge in [-0.25, -0.2) is 12.8 Å². The Morgan fingerprint density at radius 1 is 1.00 bits per heavy atom. The van der Waals surface area contributed by atoms with E-state index in [1.54, 1.807) is 4.90 Å². The summed E-state index contributed by atoms with van der Waals surface area (Å²) in [6.07, 6.45) is 1.03. The predicted molar refractivity (Wildman–Crippen MR) is 114 cm³/mol. The van der Waals surface area contributed by atoms with Gasteiger partial charge < -0.3 is 9.42 Å². The third-order valence-corrected chi connectivity index (χ3v) is 7.22. The first-order valence-electron chi connectivity index (χ1n) is 10.3. The van der Waals surface area contributed by atoms with Crippen LogP contribution in [0.4, 0.5) is 4.39 Å². The molecule has 1 aliphatic heterocycles. The van der Waals surface area contributed by atoms with Gasteiger partial charge in [0.1, 0.15) is 5.82 Å². The Kier molecular flexibility index (Phi) is 6.61. The monoisotopic (exact) mass is 458 g/mol. The lowest BCUT2D eigenvalue weighted by Gasteiger charge is -2.22. The van der Waals surface area contributed by atoms with Crippen molar-refractivity contribution in [1.82, 2.24) is 19.3 Å². The molecule has 0 radical (unpaired) electrons. The van der Waals surface area contributed by atoms with Crippen LogP contribution in [0.3, 0.4) is 0 Å². The van der Waals surface area contributed by atoms with Crippen LogP contribution in [-0.2, 0) is 21.2 Å². The average molecular weight is 459 g/mol. The van der Waals surface area contributed by atoms with E-state index in [0.29, 0.717) is 44.2 Å². The molecule has 2 heterocycles. The van der Waals surface area contributed by atoms with Crippen LogP contribution in [0.25, 0.3) is 11.4 Å². The molecule has 1 amide bonds. The van der Waals surface area contributed by atoms with Crippen molar-refractivity contribution < 1.29 is 22.1 Å². The van der Waals surface area contributed by atoms with Gasteiger partial charge >= 0.3 is 0 Å². The second kappa shape index (κ2) is 9.58. The molecule has 1 aliphatic rings. The Balaban J connectivity index is 1.33. The lowest BCUT2D eigenvalue weighted by Crippen LogP contribution is -2.37. The summed E-state index contributed by atoms with van der Waals surface area (Å²) in [5.74, 6) is 0.274. The standard InChI is InChI=1S/C22H23FN4O4S/c23-18-7-9-19(10-8-18)32(29,30)27-14-4-13-26(15-16-27)21(28)12-11-20-24-22(25-31-20)17-5-2-1-3-6-17/h1-3,5-10H,4,11-16H2. The van der Waals surface area contributed by atoms with E-state index in [9.17, 15) is 17.6 Å². The third kappa shape index (κ3) is 5.03. The minimum Gasteiger partial charge on any atom is -0.341 e. The van der Waals surface area contributed by atoms with Crippen LogP contribution in [-0.4, -0.2) is 59.8 Å². The molecule has 0 N–H and O–H groups in total. The number of amides is 1. The Morgan fingerprint density at radius 3 is 2.50 bits per heavy atom. The molecule has 1 fully saturated rings. The van der Waals surface area contributed by atoms with Crippen LogP contribution >= 0.6 is 0 Å². The van der Waals surface area contributed by atoms with Crippen LogP contribution in [0.15, 0.2) is 64.0 Å². The number of rotatable bonds is 6. The highest BCUT2D eigenvalue weighted by atomic mass is 32.2. The van der Waals surface area contributed by atoms with Gasteiger partial charge in [0.2, 0.25) is 27.6 Å².